The lowest BCUT2D eigenvalue weighted by Gasteiger charge is -2.39. The molecule has 0 spiro atoms. The average molecular weight is 493 g/mol. The Balaban J connectivity index is 1.15. The third kappa shape index (κ3) is 4.26. The molecule has 0 bridgehead atoms. The maximum absolute atomic E-state index is 2.66. The van der Waals surface area contributed by atoms with Crippen LogP contribution >= 0.6 is 0 Å². The minimum absolute atomic E-state index is 0.745. The zero-order valence-electron chi connectivity index (χ0n) is 23.8. The normalized spacial score (nSPS) is 41.0. The molecule has 0 saturated heterocycles. The van der Waals surface area contributed by atoms with E-state index in [-0.39, 0.29) is 0 Å². The van der Waals surface area contributed by atoms with Crippen LogP contribution in [0.25, 0.3) is 11.1 Å². The molecular weight excluding hydrogens is 444 g/mol. The van der Waals surface area contributed by atoms with Crippen molar-refractivity contribution in [2.24, 2.45) is 41.4 Å². The van der Waals surface area contributed by atoms with Crippen LogP contribution in [0.1, 0.15) is 120 Å². The van der Waals surface area contributed by atoms with Gasteiger partial charge in [-0.15, -0.1) is 0 Å². The summed E-state index contributed by atoms with van der Waals surface area (Å²) in [6.07, 6.45) is 15.1. The Morgan fingerprint density at radius 3 is 2.38 bits per heavy atom. The molecule has 4 saturated carbocycles. The number of unbranched alkanes of at least 4 members (excludes halogenated alkanes) is 1. The molecule has 5 aliphatic carbocycles. The van der Waals surface area contributed by atoms with Crippen molar-refractivity contribution in [1.82, 2.24) is 0 Å². The van der Waals surface area contributed by atoms with Gasteiger partial charge in [-0.05, 0) is 132 Å². The van der Waals surface area contributed by atoms with E-state index in [1.807, 2.05) is 0 Å². The van der Waals surface area contributed by atoms with Gasteiger partial charge in [0.1, 0.15) is 0 Å². The maximum atomic E-state index is 2.66. The van der Waals surface area contributed by atoms with Crippen molar-refractivity contribution >= 4 is 0 Å². The van der Waals surface area contributed by atoms with Crippen LogP contribution in [0.5, 0.6) is 0 Å². The first kappa shape index (κ1) is 24.2. The average Bonchev–Trinajstić information content (AvgIpc) is 3.82. The minimum Gasteiger partial charge on any atom is -0.0851 e. The summed E-state index contributed by atoms with van der Waals surface area (Å²) in [6, 6.07) is 17.5. The molecule has 4 fully saturated rings. The Labute approximate surface area is 226 Å². The van der Waals surface area contributed by atoms with Gasteiger partial charge >= 0.3 is 0 Å². The highest BCUT2D eigenvalue weighted by Crippen LogP contribution is 2.70. The summed E-state index contributed by atoms with van der Waals surface area (Å²) in [5.41, 5.74) is 9.72. The molecule has 2 aromatic carbocycles. The zero-order chi connectivity index (χ0) is 25.3. The molecule has 0 amide bonds. The highest BCUT2D eigenvalue weighted by Gasteiger charge is 2.60. The van der Waals surface area contributed by atoms with Crippen molar-refractivity contribution < 1.29 is 0 Å². The summed E-state index contributed by atoms with van der Waals surface area (Å²) in [6.45, 7) is 9.76. The van der Waals surface area contributed by atoms with E-state index in [1.54, 1.807) is 22.3 Å². The van der Waals surface area contributed by atoms with Crippen molar-refractivity contribution in [3.63, 3.8) is 0 Å². The van der Waals surface area contributed by atoms with Gasteiger partial charge in [0.25, 0.3) is 0 Å². The second-order valence-electron chi connectivity index (χ2n) is 14.1. The monoisotopic (exact) mass is 492 g/mol. The fourth-order valence-corrected chi connectivity index (χ4v) is 9.27. The molecule has 0 aliphatic heterocycles. The molecule has 0 nitrogen and oxygen atoms in total. The SMILES string of the molecule is CCCC=C1CC(C2C3CCC4CC4c4ccc(-c5ccc(C6CC(C)CCC6C)cc5)cc4C32)C1C. The van der Waals surface area contributed by atoms with E-state index >= 15 is 0 Å². The van der Waals surface area contributed by atoms with Gasteiger partial charge in [0, 0.05) is 0 Å². The summed E-state index contributed by atoms with van der Waals surface area (Å²) < 4.78 is 0. The molecule has 5 aliphatic rings. The lowest BCUT2D eigenvalue weighted by atomic mass is 9.66. The van der Waals surface area contributed by atoms with Gasteiger partial charge in [-0.2, -0.15) is 0 Å². The summed E-state index contributed by atoms with van der Waals surface area (Å²) in [5.74, 6) is 8.76. The Kier molecular flexibility index (Phi) is 6.17. The first-order valence-electron chi connectivity index (χ1n) is 16.0. The molecule has 0 heteroatoms. The quantitative estimate of drug-likeness (QED) is 0.364. The maximum Gasteiger partial charge on any atom is -0.00934 e. The molecule has 10 atom stereocenters. The van der Waals surface area contributed by atoms with Crippen LogP contribution in [0.4, 0.5) is 0 Å². The van der Waals surface area contributed by atoms with E-state index in [9.17, 15) is 0 Å². The fraction of sp³-hybridized carbons (Fsp3) is 0.622. The van der Waals surface area contributed by atoms with Crippen LogP contribution < -0.4 is 0 Å². The Morgan fingerprint density at radius 2 is 1.59 bits per heavy atom. The van der Waals surface area contributed by atoms with Crippen molar-refractivity contribution in [3.8, 4) is 11.1 Å². The third-order valence-electron chi connectivity index (χ3n) is 11.9. The second kappa shape index (κ2) is 9.43. The van der Waals surface area contributed by atoms with Crippen LogP contribution in [0, 0.1) is 41.4 Å². The largest absolute Gasteiger partial charge is 0.0851 e. The van der Waals surface area contributed by atoms with E-state index < -0.39 is 0 Å². The van der Waals surface area contributed by atoms with Crippen LogP contribution in [0.2, 0.25) is 0 Å². The molecule has 196 valence electrons. The topological polar surface area (TPSA) is 0 Å². The van der Waals surface area contributed by atoms with E-state index in [4.69, 9.17) is 0 Å². The van der Waals surface area contributed by atoms with Gasteiger partial charge < -0.3 is 0 Å². The summed E-state index contributed by atoms with van der Waals surface area (Å²) in [4.78, 5) is 0. The standard InChI is InChI=1S/C37H48/c1-5-6-7-27-19-33(24(27)4)36-31-17-15-29-21-34(29)30-16-14-28(20-35(30)37(31)36)25-10-12-26(13-11-25)32-18-22(2)8-9-23(32)3/h7,10-14,16,20,22-24,29,31-34,36-37H,5-6,8-9,15,17-19,21H2,1-4H3. The van der Waals surface area contributed by atoms with E-state index in [1.165, 1.54) is 68.9 Å². The summed E-state index contributed by atoms with van der Waals surface area (Å²) >= 11 is 0. The number of benzene rings is 2. The van der Waals surface area contributed by atoms with E-state index in [0.717, 1.165) is 59.2 Å². The molecular formula is C37H48. The van der Waals surface area contributed by atoms with Crippen molar-refractivity contribution in [3.05, 3.63) is 70.8 Å². The zero-order valence-corrected chi connectivity index (χ0v) is 23.8. The van der Waals surface area contributed by atoms with Crippen LogP contribution in [-0.2, 0) is 0 Å². The fourth-order valence-electron chi connectivity index (χ4n) is 9.27. The number of hydrogen-bond acceptors (Lipinski definition) is 0. The Bertz CT molecular complexity index is 1170. The van der Waals surface area contributed by atoms with Crippen molar-refractivity contribution in [2.45, 2.75) is 103 Å². The first-order chi connectivity index (χ1) is 18.0. The molecule has 0 heterocycles. The molecule has 37 heavy (non-hydrogen) atoms. The van der Waals surface area contributed by atoms with Gasteiger partial charge in [-0.25, -0.2) is 0 Å². The van der Waals surface area contributed by atoms with Gasteiger partial charge in [0.15, 0.2) is 0 Å². The Morgan fingerprint density at radius 1 is 0.784 bits per heavy atom. The molecule has 0 radical (unpaired) electrons. The molecule has 10 unspecified atom stereocenters. The Hall–Kier alpha value is -1.82. The number of hydrogen-bond donors (Lipinski definition) is 0. The highest BCUT2D eigenvalue weighted by atomic mass is 14.6. The third-order valence-corrected chi connectivity index (χ3v) is 11.9. The number of rotatable bonds is 5. The number of fused-ring (bicyclic) bond motifs is 5. The number of allylic oxidation sites excluding steroid dienone is 2. The first-order valence-corrected chi connectivity index (χ1v) is 16.0. The van der Waals surface area contributed by atoms with Crippen LogP contribution in [0.3, 0.4) is 0 Å². The van der Waals surface area contributed by atoms with Crippen molar-refractivity contribution in [1.29, 1.82) is 0 Å². The van der Waals surface area contributed by atoms with Gasteiger partial charge in [0.05, 0.1) is 0 Å². The van der Waals surface area contributed by atoms with Crippen molar-refractivity contribution in [2.75, 3.05) is 0 Å². The summed E-state index contributed by atoms with van der Waals surface area (Å²) in [5, 5.41) is 0. The molecule has 0 aromatic heterocycles. The predicted molar refractivity (Wildman–Crippen MR) is 157 cm³/mol. The molecule has 7 rings (SSSR count). The van der Waals surface area contributed by atoms with Crippen LogP contribution in [0.15, 0.2) is 54.1 Å². The second-order valence-corrected chi connectivity index (χ2v) is 14.1. The van der Waals surface area contributed by atoms with Gasteiger partial charge in [-0.3, -0.25) is 0 Å². The molecule has 0 N–H and O–H groups in total. The highest BCUT2D eigenvalue weighted by molar-refractivity contribution is 5.67. The lowest BCUT2D eigenvalue weighted by molar-refractivity contribution is 0.242. The van der Waals surface area contributed by atoms with Crippen LogP contribution in [-0.4, -0.2) is 0 Å². The van der Waals surface area contributed by atoms with E-state index in [2.05, 4.69) is 76.2 Å². The smallest absolute Gasteiger partial charge is 0.00934 e. The van der Waals surface area contributed by atoms with Gasteiger partial charge in [-0.1, -0.05) is 94.7 Å². The predicted octanol–water partition coefficient (Wildman–Crippen LogP) is 10.5. The minimum atomic E-state index is 0.745. The summed E-state index contributed by atoms with van der Waals surface area (Å²) in [7, 11) is 0. The lowest BCUT2D eigenvalue weighted by Crippen LogP contribution is -2.29. The molecule has 2 aromatic rings. The van der Waals surface area contributed by atoms with Gasteiger partial charge in [0.2, 0.25) is 0 Å². The van der Waals surface area contributed by atoms with E-state index in [0.29, 0.717) is 0 Å².